The van der Waals surface area contributed by atoms with Gasteiger partial charge in [0, 0.05) is 30.2 Å². The van der Waals surface area contributed by atoms with Crippen LogP contribution in [0.4, 0.5) is 8.78 Å². The van der Waals surface area contributed by atoms with E-state index in [2.05, 4.69) is 21.2 Å². The lowest BCUT2D eigenvalue weighted by molar-refractivity contribution is 0.299. The predicted octanol–water partition coefficient (Wildman–Crippen LogP) is 2.10. The summed E-state index contributed by atoms with van der Waals surface area (Å²) < 4.78 is 52.9. The van der Waals surface area contributed by atoms with Crippen molar-refractivity contribution in [1.29, 1.82) is 0 Å². The highest BCUT2D eigenvalue weighted by Gasteiger charge is 2.33. The Labute approximate surface area is 125 Å². The van der Waals surface area contributed by atoms with Crippen molar-refractivity contribution in [2.75, 3.05) is 20.1 Å². The fourth-order valence-corrected chi connectivity index (χ4v) is 4.75. The molecule has 1 aromatic carbocycles. The number of rotatable bonds is 3. The Balaban J connectivity index is 2.39. The van der Waals surface area contributed by atoms with E-state index in [4.69, 9.17) is 0 Å². The van der Waals surface area contributed by atoms with Gasteiger partial charge < -0.3 is 5.32 Å². The topological polar surface area (TPSA) is 49.4 Å². The quantitative estimate of drug-likeness (QED) is 0.888. The molecule has 1 aliphatic heterocycles. The summed E-state index contributed by atoms with van der Waals surface area (Å²) in [7, 11) is -2.59. The van der Waals surface area contributed by atoms with E-state index >= 15 is 0 Å². The Hall–Kier alpha value is -0.570. The molecule has 0 saturated carbocycles. The molecule has 2 rings (SSSR count). The van der Waals surface area contributed by atoms with Gasteiger partial charge in [-0.25, -0.2) is 17.2 Å². The lowest BCUT2D eigenvalue weighted by Gasteiger charge is -2.31. The highest BCUT2D eigenvalue weighted by molar-refractivity contribution is 9.10. The van der Waals surface area contributed by atoms with Crippen molar-refractivity contribution in [2.45, 2.75) is 23.8 Å². The highest BCUT2D eigenvalue weighted by Crippen LogP contribution is 2.30. The predicted molar refractivity (Wildman–Crippen MR) is 74.9 cm³/mol. The van der Waals surface area contributed by atoms with E-state index in [0.29, 0.717) is 19.0 Å². The molecule has 1 aliphatic rings. The largest absolute Gasteiger partial charge is 0.315 e. The molecule has 0 aliphatic carbocycles. The van der Waals surface area contributed by atoms with Gasteiger partial charge in [-0.3, -0.25) is 0 Å². The van der Waals surface area contributed by atoms with Crippen LogP contribution < -0.4 is 5.32 Å². The third kappa shape index (κ3) is 3.03. The summed E-state index contributed by atoms with van der Waals surface area (Å²) in [6.45, 7) is 1.37. The summed E-state index contributed by atoms with van der Waals surface area (Å²) in [5, 5.41) is 3.11. The fourth-order valence-electron chi connectivity index (χ4n) is 2.26. The van der Waals surface area contributed by atoms with Gasteiger partial charge in [-0.1, -0.05) is 0 Å². The van der Waals surface area contributed by atoms with Gasteiger partial charge in [0.05, 0.1) is 0 Å². The fraction of sp³-hybridized carbons (Fsp3) is 0.500. The van der Waals surface area contributed by atoms with Crippen molar-refractivity contribution in [3.05, 3.63) is 28.2 Å². The summed E-state index contributed by atoms with van der Waals surface area (Å²) in [6, 6.07) is 1.29. The molecule has 4 nitrogen and oxygen atoms in total. The standard InChI is InChI=1S/C12H15BrF2N2O2S/c1-17(9-3-2-4-16-7-9)20(18,19)12-10(13)5-8(14)6-11(12)15/h5-6,9,16H,2-4,7H2,1H3. The first-order valence-corrected chi connectivity index (χ1v) is 8.40. The van der Waals surface area contributed by atoms with Crippen molar-refractivity contribution >= 4 is 26.0 Å². The number of piperidine rings is 1. The van der Waals surface area contributed by atoms with Crippen LogP contribution in [-0.2, 0) is 10.0 Å². The van der Waals surface area contributed by atoms with E-state index in [1.165, 1.54) is 7.05 Å². The number of likely N-dealkylation sites (N-methyl/N-ethyl adjacent to an activating group) is 1. The van der Waals surface area contributed by atoms with Gasteiger partial charge in [0.1, 0.15) is 16.5 Å². The molecule has 0 bridgehead atoms. The second-order valence-electron chi connectivity index (χ2n) is 4.72. The molecule has 1 heterocycles. The molecule has 1 saturated heterocycles. The van der Waals surface area contributed by atoms with Crippen LogP contribution in [0.1, 0.15) is 12.8 Å². The zero-order valence-electron chi connectivity index (χ0n) is 10.9. The lowest BCUT2D eigenvalue weighted by atomic mass is 10.1. The van der Waals surface area contributed by atoms with E-state index in [1.54, 1.807) is 0 Å². The first-order chi connectivity index (χ1) is 9.34. The Kier molecular flexibility index (Phi) is 4.78. The summed E-state index contributed by atoms with van der Waals surface area (Å²) in [4.78, 5) is -0.521. The third-order valence-electron chi connectivity index (χ3n) is 3.39. The van der Waals surface area contributed by atoms with Crippen molar-refractivity contribution < 1.29 is 17.2 Å². The molecule has 0 spiro atoms. The third-order valence-corrected chi connectivity index (χ3v) is 6.26. The van der Waals surface area contributed by atoms with Crippen LogP contribution in [0.25, 0.3) is 0 Å². The van der Waals surface area contributed by atoms with Gasteiger partial charge >= 0.3 is 0 Å². The minimum absolute atomic E-state index is 0.106. The van der Waals surface area contributed by atoms with Crippen LogP contribution >= 0.6 is 15.9 Å². The van der Waals surface area contributed by atoms with Crippen molar-refractivity contribution in [3.8, 4) is 0 Å². The van der Waals surface area contributed by atoms with Crippen LogP contribution in [0.15, 0.2) is 21.5 Å². The second kappa shape index (κ2) is 6.05. The molecule has 0 amide bonds. The molecule has 112 valence electrons. The molecule has 1 N–H and O–H groups in total. The van der Waals surface area contributed by atoms with Gasteiger partial charge in [0.25, 0.3) is 0 Å². The van der Waals surface area contributed by atoms with E-state index < -0.39 is 26.6 Å². The zero-order valence-corrected chi connectivity index (χ0v) is 13.3. The molecule has 8 heteroatoms. The minimum atomic E-state index is -4.01. The first kappa shape index (κ1) is 15.8. The van der Waals surface area contributed by atoms with Gasteiger partial charge in [0.15, 0.2) is 0 Å². The molecule has 0 radical (unpaired) electrons. The normalized spacial score (nSPS) is 20.4. The summed E-state index contributed by atoms with van der Waals surface area (Å²) in [5.74, 6) is -1.91. The van der Waals surface area contributed by atoms with Crippen LogP contribution in [0.5, 0.6) is 0 Å². The highest BCUT2D eigenvalue weighted by atomic mass is 79.9. The first-order valence-electron chi connectivity index (χ1n) is 6.17. The Bertz CT molecular complexity index is 580. The summed E-state index contributed by atoms with van der Waals surface area (Å²) in [6.07, 6.45) is 1.57. The molecule has 1 fully saturated rings. The average molecular weight is 369 g/mol. The zero-order chi connectivity index (χ0) is 14.9. The number of sulfonamides is 1. The SMILES string of the molecule is CN(C1CCCNC1)S(=O)(=O)c1c(F)cc(F)cc1Br. The summed E-state index contributed by atoms with van der Waals surface area (Å²) >= 11 is 2.92. The number of benzene rings is 1. The minimum Gasteiger partial charge on any atom is -0.315 e. The van der Waals surface area contributed by atoms with Crippen molar-refractivity contribution in [1.82, 2.24) is 9.62 Å². The number of nitrogens with zero attached hydrogens (tertiary/aromatic N) is 1. The molecule has 1 unspecified atom stereocenters. The van der Waals surface area contributed by atoms with Gasteiger partial charge in [-0.2, -0.15) is 4.31 Å². The average Bonchev–Trinajstić information content (AvgIpc) is 2.37. The number of hydrogen-bond donors (Lipinski definition) is 1. The molecule has 1 aromatic rings. The molecular formula is C12H15BrF2N2O2S. The van der Waals surface area contributed by atoms with Crippen molar-refractivity contribution in [3.63, 3.8) is 0 Å². The van der Waals surface area contributed by atoms with E-state index in [0.717, 1.165) is 23.3 Å². The molecule has 0 aromatic heterocycles. The van der Waals surface area contributed by atoms with E-state index in [1.807, 2.05) is 0 Å². The maximum Gasteiger partial charge on any atom is 0.247 e. The van der Waals surface area contributed by atoms with Crippen LogP contribution in [0.3, 0.4) is 0 Å². The van der Waals surface area contributed by atoms with Crippen LogP contribution in [-0.4, -0.2) is 38.9 Å². The lowest BCUT2D eigenvalue weighted by Crippen LogP contribution is -2.46. The number of halogens is 3. The monoisotopic (exact) mass is 368 g/mol. The van der Waals surface area contributed by atoms with Crippen LogP contribution in [0.2, 0.25) is 0 Å². The second-order valence-corrected chi connectivity index (χ2v) is 7.51. The number of hydrogen-bond acceptors (Lipinski definition) is 3. The molecule has 20 heavy (non-hydrogen) atoms. The summed E-state index contributed by atoms with van der Waals surface area (Å²) in [5.41, 5.74) is 0. The number of nitrogens with one attached hydrogen (secondary N) is 1. The van der Waals surface area contributed by atoms with E-state index in [-0.39, 0.29) is 10.5 Å². The van der Waals surface area contributed by atoms with Gasteiger partial charge in [-0.15, -0.1) is 0 Å². The Morgan fingerprint density at radius 1 is 1.40 bits per heavy atom. The maximum atomic E-state index is 13.8. The Morgan fingerprint density at radius 3 is 2.65 bits per heavy atom. The van der Waals surface area contributed by atoms with Gasteiger partial charge in [-0.05, 0) is 41.4 Å². The molecule has 1 atom stereocenters. The van der Waals surface area contributed by atoms with Gasteiger partial charge in [0.2, 0.25) is 10.0 Å². The molecular weight excluding hydrogens is 354 g/mol. The Morgan fingerprint density at radius 2 is 2.10 bits per heavy atom. The van der Waals surface area contributed by atoms with Crippen molar-refractivity contribution in [2.24, 2.45) is 0 Å². The van der Waals surface area contributed by atoms with E-state index in [9.17, 15) is 17.2 Å². The van der Waals surface area contributed by atoms with Crippen LogP contribution in [0, 0.1) is 11.6 Å². The maximum absolute atomic E-state index is 13.8. The smallest absolute Gasteiger partial charge is 0.247 e.